The number of carbonyl (C=O) groups excluding carboxylic acids is 1. The Bertz CT molecular complexity index is 299. The number of piperidine rings is 1. The lowest BCUT2D eigenvalue weighted by Crippen LogP contribution is -2.48. The van der Waals surface area contributed by atoms with Gasteiger partial charge < -0.3 is 10.6 Å². The molecule has 1 fully saturated rings. The summed E-state index contributed by atoms with van der Waals surface area (Å²) in [7, 11) is 2.01. The van der Waals surface area contributed by atoms with Gasteiger partial charge in [-0.25, -0.2) is 0 Å². The van der Waals surface area contributed by atoms with Crippen molar-refractivity contribution in [3.05, 3.63) is 0 Å². The van der Waals surface area contributed by atoms with Crippen LogP contribution in [0.15, 0.2) is 0 Å². The third-order valence-corrected chi connectivity index (χ3v) is 3.88. The van der Waals surface area contributed by atoms with Gasteiger partial charge in [-0.2, -0.15) is 0 Å². The van der Waals surface area contributed by atoms with Crippen LogP contribution in [0, 0.1) is 17.3 Å². The van der Waals surface area contributed by atoms with Gasteiger partial charge in [-0.15, -0.1) is 12.4 Å². The molecule has 2 N–H and O–H groups in total. The normalized spacial score (nSPS) is 23.6. The molecular weight excluding hydrogens is 274 g/mol. The summed E-state index contributed by atoms with van der Waals surface area (Å²) in [4.78, 5) is 16.5. The van der Waals surface area contributed by atoms with E-state index in [9.17, 15) is 4.79 Å². The van der Waals surface area contributed by atoms with E-state index in [1.165, 1.54) is 6.42 Å². The maximum absolute atomic E-state index is 12.3. The van der Waals surface area contributed by atoms with E-state index in [1.54, 1.807) is 0 Å². The molecule has 0 bridgehead atoms. The minimum atomic E-state index is 0. The van der Waals surface area contributed by atoms with E-state index >= 15 is 0 Å². The van der Waals surface area contributed by atoms with Crippen molar-refractivity contribution < 1.29 is 4.79 Å². The fourth-order valence-corrected chi connectivity index (χ4v) is 3.05. The highest BCUT2D eigenvalue weighted by Gasteiger charge is 2.27. The van der Waals surface area contributed by atoms with Gasteiger partial charge in [0.15, 0.2) is 0 Å². The molecule has 4 nitrogen and oxygen atoms in total. The van der Waals surface area contributed by atoms with Crippen LogP contribution < -0.4 is 5.73 Å². The largest absolute Gasteiger partial charge is 0.341 e. The van der Waals surface area contributed by atoms with Crippen LogP contribution >= 0.6 is 12.4 Å². The molecule has 0 radical (unpaired) electrons. The summed E-state index contributed by atoms with van der Waals surface area (Å²) in [6, 6.07) is 0. The van der Waals surface area contributed by atoms with Crippen LogP contribution in [0.2, 0.25) is 0 Å². The third-order valence-electron chi connectivity index (χ3n) is 3.88. The number of rotatable bonds is 5. The molecule has 0 aromatic heterocycles. The smallest absolute Gasteiger partial charge is 0.236 e. The van der Waals surface area contributed by atoms with Crippen LogP contribution in [0.1, 0.15) is 34.1 Å². The molecule has 0 spiro atoms. The second-order valence-corrected chi connectivity index (χ2v) is 7.29. The van der Waals surface area contributed by atoms with Gasteiger partial charge in [0.2, 0.25) is 5.91 Å². The number of nitrogens with zero attached hydrogens (tertiary/aromatic N) is 2. The van der Waals surface area contributed by atoms with E-state index in [4.69, 9.17) is 5.73 Å². The molecule has 0 saturated carbocycles. The Morgan fingerprint density at radius 1 is 1.30 bits per heavy atom. The first-order valence-electron chi connectivity index (χ1n) is 7.40. The molecule has 0 aromatic carbocycles. The summed E-state index contributed by atoms with van der Waals surface area (Å²) in [6.07, 6.45) is 1.24. The molecule has 1 aliphatic heterocycles. The number of likely N-dealkylation sites (tertiary alicyclic amines) is 1. The van der Waals surface area contributed by atoms with E-state index in [-0.39, 0.29) is 23.7 Å². The molecule has 120 valence electrons. The summed E-state index contributed by atoms with van der Waals surface area (Å²) >= 11 is 0. The first-order chi connectivity index (χ1) is 8.73. The number of halogens is 1. The Kier molecular flexibility index (Phi) is 8.07. The van der Waals surface area contributed by atoms with Crippen LogP contribution in [-0.4, -0.2) is 55.5 Å². The SMILES string of the molecule is CC1CC(C)CN(C(=O)CN(C)CC(C)(C)CN)C1.Cl. The number of nitrogens with two attached hydrogens (primary N) is 1. The quantitative estimate of drug-likeness (QED) is 0.843. The topological polar surface area (TPSA) is 49.6 Å². The maximum atomic E-state index is 12.3. The molecule has 2 unspecified atom stereocenters. The Hall–Kier alpha value is -0.320. The van der Waals surface area contributed by atoms with Crippen molar-refractivity contribution in [3.8, 4) is 0 Å². The third kappa shape index (κ3) is 6.42. The van der Waals surface area contributed by atoms with Gasteiger partial charge in [-0.05, 0) is 37.3 Å². The molecule has 1 saturated heterocycles. The predicted molar refractivity (Wildman–Crippen MR) is 87.1 cm³/mol. The zero-order valence-corrected chi connectivity index (χ0v) is 14.5. The highest BCUT2D eigenvalue weighted by Crippen LogP contribution is 2.21. The van der Waals surface area contributed by atoms with Crippen molar-refractivity contribution in [1.82, 2.24) is 9.80 Å². The predicted octanol–water partition coefficient (Wildman–Crippen LogP) is 1.83. The van der Waals surface area contributed by atoms with Crippen LogP contribution in [-0.2, 0) is 4.79 Å². The lowest BCUT2D eigenvalue weighted by molar-refractivity contribution is -0.135. The molecule has 2 atom stereocenters. The van der Waals surface area contributed by atoms with Crippen LogP contribution in [0.4, 0.5) is 0 Å². The van der Waals surface area contributed by atoms with Crippen molar-refractivity contribution in [2.75, 3.05) is 39.8 Å². The van der Waals surface area contributed by atoms with Crippen molar-refractivity contribution in [2.24, 2.45) is 23.0 Å². The lowest BCUT2D eigenvalue weighted by atomic mass is 9.91. The second-order valence-electron chi connectivity index (χ2n) is 7.29. The Balaban J connectivity index is 0.00000361. The monoisotopic (exact) mass is 305 g/mol. The summed E-state index contributed by atoms with van der Waals surface area (Å²) in [6.45, 7) is 12.6. The molecule has 0 aliphatic carbocycles. The summed E-state index contributed by atoms with van der Waals surface area (Å²) in [5.41, 5.74) is 5.81. The summed E-state index contributed by atoms with van der Waals surface area (Å²) in [5, 5.41) is 0. The number of likely N-dealkylation sites (N-methyl/N-ethyl adjacent to an activating group) is 1. The Labute approximate surface area is 130 Å². The second kappa shape index (κ2) is 8.20. The van der Waals surface area contributed by atoms with Crippen LogP contribution in [0.25, 0.3) is 0 Å². The first kappa shape index (κ1) is 19.7. The van der Waals surface area contributed by atoms with E-state index < -0.39 is 0 Å². The van der Waals surface area contributed by atoms with Gasteiger partial charge in [0.25, 0.3) is 0 Å². The van der Waals surface area contributed by atoms with E-state index in [0.717, 1.165) is 19.6 Å². The van der Waals surface area contributed by atoms with Crippen molar-refractivity contribution in [3.63, 3.8) is 0 Å². The minimum absolute atomic E-state index is 0. The molecule has 5 heteroatoms. The van der Waals surface area contributed by atoms with Gasteiger partial charge in [-0.1, -0.05) is 27.7 Å². The first-order valence-corrected chi connectivity index (χ1v) is 7.40. The maximum Gasteiger partial charge on any atom is 0.236 e. The van der Waals surface area contributed by atoms with Crippen molar-refractivity contribution in [2.45, 2.75) is 34.1 Å². The summed E-state index contributed by atoms with van der Waals surface area (Å²) < 4.78 is 0. The van der Waals surface area contributed by atoms with Gasteiger partial charge in [0.05, 0.1) is 6.54 Å². The molecule has 1 aliphatic rings. The molecule has 0 aromatic rings. The highest BCUT2D eigenvalue weighted by molar-refractivity contribution is 5.85. The van der Waals surface area contributed by atoms with E-state index in [0.29, 0.717) is 24.9 Å². The molecular formula is C15H32ClN3O. The minimum Gasteiger partial charge on any atom is -0.341 e. The molecule has 20 heavy (non-hydrogen) atoms. The van der Waals surface area contributed by atoms with Gasteiger partial charge in [0, 0.05) is 19.6 Å². The number of amides is 1. The van der Waals surface area contributed by atoms with E-state index in [2.05, 4.69) is 32.6 Å². The van der Waals surface area contributed by atoms with Crippen LogP contribution in [0.3, 0.4) is 0 Å². The molecule has 1 rings (SSSR count). The van der Waals surface area contributed by atoms with Crippen LogP contribution in [0.5, 0.6) is 0 Å². The number of carbonyl (C=O) groups is 1. The Morgan fingerprint density at radius 3 is 2.25 bits per heavy atom. The average Bonchev–Trinajstić information content (AvgIpc) is 2.26. The van der Waals surface area contributed by atoms with Crippen molar-refractivity contribution in [1.29, 1.82) is 0 Å². The number of hydrogen-bond donors (Lipinski definition) is 1. The number of hydrogen-bond acceptors (Lipinski definition) is 3. The van der Waals surface area contributed by atoms with Gasteiger partial charge in [0.1, 0.15) is 0 Å². The standard InChI is InChI=1S/C15H31N3O.ClH/c1-12-6-13(2)8-18(7-12)14(19)9-17(5)11-15(3,4)10-16;/h12-13H,6-11,16H2,1-5H3;1H. The van der Waals surface area contributed by atoms with Crippen molar-refractivity contribution >= 4 is 18.3 Å². The Morgan fingerprint density at radius 2 is 1.80 bits per heavy atom. The fraction of sp³-hybridized carbons (Fsp3) is 0.933. The average molecular weight is 306 g/mol. The zero-order chi connectivity index (χ0) is 14.6. The highest BCUT2D eigenvalue weighted by atomic mass is 35.5. The molecule has 1 amide bonds. The zero-order valence-electron chi connectivity index (χ0n) is 13.7. The van der Waals surface area contributed by atoms with E-state index in [1.807, 2.05) is 11.9 Å². The van der Waals surface area contributed by atoms with Gasteiger partial charge in [-0.3, -0.25) is 9.69 Å². The lowest BCUT2D eigenvalue weighted by Gasteiger charge is -2.36. The molecule has 1 heterocycles. The fourth-order valence-electron chi connectivity index (χ4n) is 3.05. The summed E-state index contributed by atoms with van der Waals surface area (Å²) in [5.74, 6) is 1.51. The van der Waals surface area contributed by atoms with Gasteiger partial charge >= 0.3 is 0 Å².